The Labute approximate surface area is 184 Å². The SMILES string of the molecule is CCOc1cc(N=[N+]=[N-])c(Cl)cc1C(=O)NCC1CN(Cc2ccc(F)cc2)CCO1. The summed E-state index contributed by atoms with van der Waals surface area (Å²) in [4.78, 5) is 17.7. The second-order valence-electron chi connectivity index (χ2n) is 6.99. The number of morpholine rings is 1. The lowest BCUT2D eigenvalue weighted by Crippen LogP contribution is -2.47. The molecule has 2 aromatic rings. The highest BCUT2D eigenvalue weighted by Gasteiger charge is 2.22. The molecular weight excluding hydrogens is 425 g/mol. The van der Waals surface area contributed by atoms with Gasteiger partial charge in [0.15, 0.2) is 0 Å². The van der Waals surface area contributed by atoms with Crippen LogP contribution in [0.2, 0.25) is 5.02 Å². The predicted octanol–water partition coefficient (Wildman–Crippen LogP) is 4.45. The lowest BCUT2D eigenvalue weighted by molar-refractivity contribution is -0.0292. The molecule has 8 nitrogen and oxygen atoms in total. The summed E-state index contributed by atoms with van der Waals surface area (Å²) >= 11 is 6.12. The number of azide groups is 1. The molecule has 0 saturated carbocycles. The lowest BCUT2D eigenvalue weighted by atomic mass is 10.1. The van der Waals surface area contributed by atoms with Crippen LogP contribution < -0.4 is 10.1 Å². The van der Waals surface area contributed by atoms with E-state index in [1.807, 2.05) is 0 Å². The van der Waals surface area contributed by atoms with Gasteiger partial charge in [0.2, 0.25) is 0 Å². The van der Waals surface area contributed by atoms with Crippen LogP contribution in [0, 0.1) is 5.82 Å². The van der Waals surface area contributed by atoms with Crippen molar-refractivity contribution in [1.82, 2.24) is 10.2 Å². The zero-order valence-corrected chi connectivity index (χ0v) is 17.8. The Morgan fingerprint density at radius 3 is 2.90 bits per heavy atom. The minimum absolute atomic E-state index is 0.158. The number of benzene rings is 2. The monoisotopic (exact) mass is 447 g/mol. The van der Waals surface area contributed by atoms with Gasteiger partial charge in [-0.2, -0.15) is 0 Å². The highest BCUT2D eigenvalue weighted by atomic mass is 35.5. The van der Waals surface area contributed by atoms with E-state index >= 15 is 0 Å². The van der Waals surface area contributed by atoms with Gasteiger partial charge in [0.1, 0.15) is 11.6 Å². The second kappa shape index (κ2) is 11.0. The molecule has 31 heavy (non-hydrogen) atoms. The average molecular weight is 448 g/mol. The standard InChI is InChI=1S/C21H23ClFN5O3/c1-2-30-20-10-19(26-27-24)18(22)9-17(20)21(29)25-11-16-13-28(7-8-31-16)12-14-3-5-15(23)6-4-14/h3-6,9-10,16H,2,7-8,11-13H2,1H3,(H,25,29). The molecule has 1 atom stereocenters. The fraction of sp³-hybridized carbons (Fsp3) is 0.381. The molecule has 3 rings (SSSR count). The van der Waals surface area contributed by atoms with Crippen molar-refractivity contribution < 1.29 is 18.7 Å². The van der Waals surface area contributed by atoms with Gasteiger partial charge >= 0.3 is 0 Å². The third-order valence-corrected chi connectivity index (χ3v) is 5.08. The van der Waals surface area contributed by atoms with Crippen LogP contribution in [0.4, 0.5) is 10.1 Å². The predicted molar refractivity (Wildman–Crippen MR) is 115 cm³/mol. The third-order valence-electron chi connectivity index (χ3n) is 4.78. The molecule has 1 aliphatic heterocycles. The number of hydrogen-bond acceptors (Lipinski definition) is 5. The maximum atomic E-state index is 13.1. The van der Waals surface area contributed by atoms with Crippen LogP contribution in [0.3, 0.4) is 0 Å². The van der Waals surface area contributed by atoms with E-state index in [4.69, 9.17) is 26.6 Å². The van der Waals surface area contributed by atoms with E-state index in [0.717, 1.165) is 12.1 Å². The number of halogens is 2. The third kappa shape index (κ3) is 6.32. The van der Waals surface area contributed by atoms with E-state index < -0.39 is 0 Å². The van der Waals surface area contributed by atoms with Crippen LogP contribution in [0.1, 0.15) is 22.8 Å². The van der Waals surface area contributed by atoms with Gasteiger partial charge in [0.25, 0.3) is 5.91 Å². The average Bonchev–Trinajstić information content (AvgIpc) is 2.76. The number of rotatable bonds is 8. The summed E-state index contributed by atoms with van der Waals surface area (Å²) in [5.74, 6) is -0.336. The van der Waals surface area contributed by atoms with Gasteiger partial charge in [0, 0.05) is 31.1 Å². The number of carbonyl (C=O) groups is 1. The normalized spacial score (nSPS) is 16.4. The lowest BCUT2D eigenvalue weighted by Gasteiger charge is -2.33. The Kier molecular flexibility index (Phi) is 8.08. The molecule has 1 N–H and O–H groups in total. The molecule has 0 aromatic heterocycles. The molecule has 164 valence electrons. The second-order valence-corrected chi connectivity index (χ2v) is 7.39. The molecule has 1 heterocycles. The van der Waals surface area contributed by atoms with Crippen molar-refractivity contribution in [3.05, 3.63) is 68.8 Å². The van der Waals surface area contributed by atoms with E-state index in [1.165, 1.54) is 24.3 Å². The zero-order valence-electron chi connectivity index (χ0n) is 17.1. The van der Waals surface area contributed by atoms with Crippen molar-refractivity contribution >= 4 is 23.2 Å². The minimum atomic E-state index is -0.364. The molecule has 1 saturated heterocycles. The largest absolute Gasteiger partial charge is 0.493 e. The first kappa shape index (κ1) is 22.8. The summed E-state index contributed by atoms with van der Waals surface area (Å²) in [5, 5.41) is 6.52. The van der Waals surface area contributed by atoms with Gasteiger partial charge in [-0.05, 0) is 42.3 Å². The highest BCUT2D eigenvalue weighted by Crippen LogP contribution is 2.33. The van der Waals surface area contributed by atoms with Gasteiger partial charge in [-0.25, -0.2) is 4.39 Å². The molecule has 0 spiro atoms. The van der Waals surface area contributed by atoms with Gasteiger partial charge in [0.05, 0.1) is 35.6 Å². The highest BCUT2D eigenvalue weighted by molar-refractivity contribution is 6.33. The molecular formula is C21H23ClFN5O3. The number of amides is 1. The first-order valence-corrected chi connectivity index (χ1v) is 10.3. The fourth-order valence-electron chi connectivity index (χ4n) is 3.32. The molecule has 1 unspecified atom stereocenters. The number of nitrogens with one attached hydrogen (secondary N) is 1. The van der Waals surface area contributed by atoms with Crippen LogP contribution in [0.15, 0.2) is 41.5 Å². The molecule has 0 radical (unpaired) electrons. The quantitative estimate of drug-likeness (QED) is 0.367. The summed E-state index contributed by atoms with van der Waals surface area (Å²) < 4.78 is 24.4. The topological polar surface area (TPSA) is 99.6 Å². The van der Waals surface area contributed by atoms with Crippen LogP contribution >= 0.6 is 11.6 Å². The molecule has 2 aromatic carbocycles. The van der Waals surface area contributed by atoms with Crippen LogP contribution in [0.25, 0.3) is 10.4 Å². The van der Waals surface area contributed by atoms with Gasteiger partial charge in [-0.3, -0.25) is 9.69 Å². The summed E-state index contributed by atoms with van der Waals surface area (Å²) in [5.41, 5.74) is 10.1. The maximum absolute atomic E-state index is 13.1. The molecule has 1 amide bonds. The molecule has 1 fully saturated rings. The van der Waals surface area contributed by atoms with Crippen molar-refractivity contribution in [3.8, 4) is 5.75 Å². The Morgan fingerprint density at radius 2 is 2.19 bits per heavy atom. The summed E-state index contributed by atoms with van der Waals surface area (Å²) in [6.07, 6.45) is -0.188. The Balaban J connectivity index is 1.61. The molecule has 1 aliphatic rings. The van der Waals surface area contributed by atoms with E-state index in [2.05, 4.69) is 20.2 Å². The van der Waals surface area contributed by atoms with E-state index in [9.17, 15) is 9.18 Å². The van der Waals surface area contributed by atoms with Crippen LogP contribution in [0.5, 0.6) is 5.75 Å². The van der Waals surface area contributed by atoms with Crippen molar-refractivity contribution in [1.29, 1.82) is 0 Å². The van der Waals surface area contributed by atoms with E-state index in [0.29, 0.717) is 32.8 Å². The van der Waals surface area contributed by atoms with Crippen molar-refractivity contribution in [2.45, 2.75) is 19.6 Å². The first-order chi connectivity index (χ1) is 15.0. The maximum Gasteiger partial charge on any atom is 0.255 e. The van der Waals surface area contributed by atoms with Crippen LogP contribution in [-0.2, 0) is 11.3 Å². The van der Waals surface area contributed by atoms with Crippen molar-refractivity contribution in [2.24, 2.45) is 5.11 Å². The smallest absolute Gasteiger partial charge is 0.255 e. The number of hydrogen-bond donors (Lipinski definition) is 1. The summed E-state index contributed by atoms with van der Waals surface area (Å²) in [6, 6.07) is 9.29. The molecule has 0 bridgehead atoms. The van der Waals surface area contributed by atoms with E-state index in [-0.39, 0.29) is 39.9 Å². The fourth-order valence-corrected chi connectivity index (χ4v) is 3.52. The van der Waals surface area contributed by atoms with Gasteiger partial charge in [-0.15, -0.1) is 0 Å². The number of ether oxygens (including phenoxy) is 2. The Bertz CT molecular complexity index is 966. The Morgan fingerprint density at radius 1 is 1.42 bits per heavy atom. The number of carbonyl (C=O) groups excluding carboxylic acids is 1. The number of nitrogens with zero attached hydrogens (tertiary/aromatic N) is 4. The van der Waals surface area contributed by atoms with Crippen molar-refractivity contribution in [2.75, 3.05) is 32.8 Å². The van der Waals surface area contributed by atoms with Gasteiger partial charge < -0.3 is 14.8 Å². The zero-order chi connectivity index (χ0) is 22.2. The first-order valence-electron chi connectivity index (χ1n) is 9.88. The van der Waals surface area contributed by atoms with Gasteiger partial charge in [-0.1, -0.05) is 28.8 Å². The van der Waals surface area contributed by atoms with Crippen LogP contribution in [-0.4, -0.2) is 49.8 Å². The Hall–Kier alpha value is -2.84. The minimum Gasteiger partial charge on any atom is -0.493 e. The summed E-state index contributed by atoms with van der Waals surface area (Å²) in [6.45, 7) is 5.04. The summed E-state index contributed by atoms with van der Waals surface area (Å²) in [7, 11) is 0. The molecule has 0 aliphatic carbocycles. The molecule has 10 heteroatoms. The van der Waals surface area contributed by atoms with E-state index in [1.54, 1.807) is 19.1 Å². The van der Waals surface area contributed by atoms with Crippen molar-refractivity contribution in [3.63, 3.8) is 0 Å².